The van der Waals surface area contributed by atoms with Gasteiger partial charge in [-0.3, -0.25) is 0 Å². The fourth-order valence-electron chi connectivity index (χ4n) is 3.67. The van der Waals surface area contributed by atoms with Gasteiger partial charge in [-0.1, -0.05) is 22.7 Å². The van der Waals surface area contributed by atoms with Crippen molar-refractivity contribution >= 4 is 21.7 Å². The van der Waals surface area contributed by atoms with Crippen molar-refractivity contribution in [1.29, 1.82) is 0 Å². The van der Waals surface area contributed by atoms with E-state index in [0.717, 1.165) is 51.0 Å². The Hall–Kier alpha value is -2.74. The fraction of sp³-hybridized carbons (Fsp3) is 0.519. The number of nitrogens with one attached hydrogen (secondary N) is 1. The summed E-state index contributed by atoms with van der Waals surface area (Å²) in [5, 5.41) is 32.3. The minimum atomic E-state index is -3.79. The summed E-state index contributed by atoms with van der Waals surface area (Å²) in [7, 11) is -3.79. The molecule has 12 heteroatoms. The van der Waals surface area contributed by atoms with Gasteiger partial charge in [0.15, 0.2) is 0 Å². The van der Waals surface area contributed by atoms with E-state index in [-0.39, 0.29) is 24.7 Å². The maximum absolute atomic E-state index is 11.9. The second-order valence-corrected chi connectivity index (χ2v) is 10.9. The van der Waals surface area contributed by atoms with E-state index in [2.05, 4.69) is 5.32 Å². The predicted octanol–water partition coefficient (Wildman–Crippen LogP) is 2.55. The van der Waals surface area contributed by atoms with Gasteiger partial charge in [0, 0.05) is 38.9 Å². The Morgan fingerprint density at radius 1 is 1.03 bits per heavy atom. The van der Waals surface area contributed by atoms with Gasteiger partial charge in [0.25, 0.3) is 10.0 Å². The van der Waals surface area contributed by atoms with Gasteiger partial charge in [0.2, 0.25) is 0 Å². The first kappa shape index (κ1) is 32.5. The number of benzene rings is 2. The number of hydrogen-bond donors (Lipinski definition) is 4. The number of aliphatic hydroxyl groups excluding tert-OH is 2. The molecule has 0 fully saturated rings. The average molecular weight is 569 g/mol. The molecule has 1 atom stereocenters. The third-order valence-corrected chi connectivity index (χ3v) is 6.51. The van der Waals surface area contributed by atoms with Crippen LogP contribution in [-0.4, -0.2) is 68.9 Å². The first-order valence-electron chi connectivity index (χ1n) is 12.9. The highest BCUT2D eigenvalue weighted by Gasteiger charge is 2.21. The van der Waals surface area contributed by atoms with Crippen LogP contribution in [-0.2, 0) is 42.3 Å². The van der Waals surface area contributed by atoms with Crippen LogP contribution in [0, 0.1) is 0 Å². The van der Waals surface area contributed by atoms with Crippen LogP contribution in [0.5, 0.6) is 5.75 Å². The Labute approximate surface area is 230 Å². The van der Waals surface area contributed by atoms with Crippen LogP contribution < -0.4 is 9.79 Å². The van der Waals surface area contributed by atoms with Crippen LogP contribution in [0.15, 0.2) is 42.5 Å². The van der Waals surface area contributed by atoms with Crippen molar-refractivity contribution in [2.75, 3.05) is 43.6 Å². The molecule has 4 N–H and O–H groups in total. The molecule has 0 saturated heterocycles. The van der Waals surface area contributed by atoms with E-state index in [1.807, 2.05) is 0 Å². The number of aliphatic hydroxyl groups is 2. The molecular formula is C27H40N2O9S. The average Bonchev–Trinajstić information content (AvgIpc) is 2.89. The van der Waals surface area contributed by atoms with Gasteiger partial charge in [0.1, 0.15) is 5.75 Å². The highest BCUT2D eigenvalue weighted by molar-refractivity contribution is 7.91. The van der Waals surface area contributed by atoms with Gasteiger partial charge in [-0.2, -0.15) is 0 Å². The maximum atomic E-state index is 11.9. The zero-order valence-electron chi connectivity index (χ0n) is 22.5. The SMILES string of the molecule is CC(=O)ON(c1cccc(COCCCOCCCCCNC[C@@H](O)c2ccc(O)c(CO)c2)c1)S(C)(=O)=O. The second-order valence-electron chi connectivity index (χ2n) is 9.09. The van der Waals surface area contributed by atoms with Gasteiger partial charge in [-0.25, -0.2) is 13.2 Å². The monoisotopic (exact) mass is 568 g/mol. The quantitative estimate of drug-likeness (QED) is 0.147. The number of nitrogens with zero attached hydrogens (tertiary/aromatic N) is 1. The van der Waals surface area contributed by atoms with E-state index in [1.54, 1.807) is 30.3 Å². The highest BCUT2D eigenvalue weighted by Crippen LogP contribution is 2.22. The first-order chi connectivity index (χ1) is 18.6. The van der Waals surface area contributed by atoms with Crippen LogP contribution >= 0.6 is 0 Å². The molecule has 0 bridgehead atoms. The van der Waals surface area contributed by atoms with Gasteiger partial charge in [-0.15, -0.1) is 0 Å². The molecular weight excluding hydrogens is 528 g/mol. The summed E-state index contributed by atoms with van der Waals surface area (Å²) in [6.07, 6.45) is 3.82. The molecule has 0 heterocycles. The number of sulfonamides is 1. The highest BCUT2D eigenvalue weighted by atomic mass is 32.2. The Morgan fingerprint density at radius 3 is 2.49 bits per heavy atom. The number of carbonyl (C=O) groups is 1. The van der Waals surface area contributed by atoms with Crippen molar-refractivity contribution in [3.05, 3.63) is 59.2 Å². The van der Waals surface area contributed by atoms with Crippen LogP contribution in [0.25, 0.3) is 0 Å². The Balaban J connectivity index is 1.51. The van der Waals surface area contributed by atoms with Crippen LogP contribution in [0.2, 0.25) is 0 Å². The third-order valence-electron chi connectivity index (χ3n) is 5.62. The first-order valence-corrected chi connectivity index (χ1v) is 14.7. The van der Waals surface area contributed by atoms with Crippen LogP contribution in [0.4, 0.5) is 5.69 Å². The van der Waals surface area contributed by atoms with E-state index >= 15 is 0 Å². The minimum Gasteiger partial charge on any atom is -0.508 e. The fourth-order valence-corrected chi connectivity index (χ4v) is 4.41. The summed E-state index contributed by atoms with van der Waals surface area (Å²) in [4.78, 5) is 16.1. The molecule has 11 nitrogen and oxygen atoms in total. The van der Waals surface area contributed by atoms with E-state index < -0.39 is 22.1 Å². The zero-order valence-corrected chi connectivity index (χ0v) is 23.4. The number of rotatable bonds is 19. The summed E-state index contributed by atoms with van der Waals surface area (Å²) in [5.41, 5.74) is 2.00. The van der Waals surface area contributed by atoms with Crippen molar-refractivity contribution in [2.24, 2.45) is 0 Å². The van der Waals surface area contributed by atoms with Gasteiger partial charge >= 0.3 is 5.97 Å². The molecule has 0 unspecified atom stereocenters. The summed E-state index contributed by atoms with van der Waals surface area (Å²) in [5.74, 6) is -0.722. The predicted molar refractivity (Wildman–Crippen MR) is 146 cm³/mol. The third kappa shape index (κ3) is 12.3. The van der Waals surface area contributed by atoms with E-state index in [1.165, 1.54) is 12.1 Å². The Kier molecular flexibility index (Phi) is 14.2. The molecule has 2 rings (SSSR count). The normalized spacial score (nSPS) is 12.3. The second kappa shape index (κ2) is 17.1. The molecule has 0 aliphatic heterocycles. The van der Waals surface area contributed by atoms with Gasteiger partial charge in [-0.05, 0) is 67.6 Å². The van der Waals surface area contributed by atoms with Crippen molar-refractivity contribution < 1.29 is 42.8 Å². The number of ether oxygens (including phenoxy) is 2. The van der Waals surface area contributed by atoms with Crippen LogP contribution in [0.3, 0.4) is 0 Å². The lowest BCUT2D eigenvalue weighted by Crippen LogP contribution is -2.31. The van der Waals surface area contributed by atoms with E-state index in [9.17, 15) is 28.5 Å². The topological polar surface area (TPSA) is 155 Å². The minimum absolute atomic E-state index is 0.0146. The molecule has 0 aromatic heterocycles. The standard InChI is InChI=1S/C27H40N2O9S/c1-21(31)38-29(39(2,34)35)25-9-6-8-22(16-25)20-37-15-7-14-36-13-5-3-4-12-28-18-27(33)23-10-11-26(32)24(17-23)19-30/h6,8-11,16-17,27-28,30,32-33H,3-5,7,12-15,18-20H2,1-2H3/t27-/m1/s1. The summed E-state index contributed by atoms with van der Waals surface area (Å²) in [6.45, 7) is 3.99. The van der Waals surface area contributed by atoms with Crippen molar-refractivity contribution in [2.45, 2.75) is 51.9 Å². The lowest BCUT2D eigenvalue weighted by atomic mass is 10.1. The molecule has 0 aliphatic rings. The molecule has 0 radical (unpaired) electrons. The molecule has 0 amide bonds. The molecule has 39 heavy (non-hydrogen) atoms. The molecule has 2 aromatic carbocycles. The molecule has 2 aromatic rings. The van der Waals surface area contributed by atoms with E-state index in [4.69, 9.17) is 14.3 Å². The molecule has 0 saturated carbocycles. The number of unbranched alkanes of at least 4 members (excludes halogenated alkanes) is 2. The molecule has 218 valence electrons. The smallest absolute Gasteiger partial charge is 0.330 e. The number of hydrogen-bond acceptors (Lipinski definition) is 10. The largest absolute Gasteiger partial charge is 0.508 e. The number of carbonyl (C=O) groups excluding carboxylic acids is 1. The number of phenols is 1. The summed E-state index contributed by atoms with van der Waals surface area (Å²) < 4.78 is 35.8. The summed E-state index contributed by atoms with van der Waals surface area (Å²) >= 11 is 0. The van der Waals surface area contributed by atoms with Crippen molar-refractivity contribution in [1.82, 2.24) is 5.32 Å². The zero-order chi connectivity index (χ0) is 28.7. The number of anilines is 1. The number of aromatic hydroxyl groups is 1. The lowest BCUT2D eigenvalue weighted by molar-refractivity contribution is -0.140. The molecule has 0 aliphatic carbocycles. The lowest BCUT2D eigenvalue weighted by Gasteiger charge is -2.20. The maximum Gasteiger partial charge on any atom is 0.330 e. The van der Waals surface area contributed by atoms with E-state index in [0.29, 0.717) is 42.0 Å². The van der Waals surface area contributed by atoms with Crippen molar-refractivity contribution in [3.8, 4) is 5.75 Å². The molecule has 0 spiro atoms. The Bertz CT molecular complexity index is 1130. The van der Waals surface area contributed by atoms with Crippen molar-refractivity contribution in [3.63, 3.8) is 0 Å². The van der Waals surface area contributed by atoms with Gasteiger partial charge in [0.05, 0.1) is 31.3 Å². The van der Waals surface area contributed by atoms with Gasteiger partial charge < -0.3 is 34.9 Å². The summed E-state index contributed by atoms with van der Waals surface area (Å²) in [6, 6.07) is 11.3. The van der Waals surface area contributed by atoms with Crippen LogP contribution in [0.1, 0.15) is 55.4 Å². The Morgan fingerprint density at radius 2 is 1.77 bits per heavy atom.